The number of benzene rings is 1. The molecule has 138 valence electrons. The summed E-state index contributed by atoms with van der Waals surface area (Å²) < 4.78 is 26.4. The second kappa shape index (κ2) is 7.99. The third-order valence-electron chi connectivity index (χ3n) is 5.27. The molecule has 0 spiro atoms. The lowest BCUT2D eigenvalue weighted by molar-refractivity contribution is 0.171. The summed E-state index contributed by atoms with van der Waals surface area (Å²) in [6.07, 6.45) is 3.56. The van der Waals surface area contributed by atoms with Gasteiger partial charge in [-0.15, -0.1) is 0 Å². The molecule has 2 saturated heterocycles. The third-order valence-corrected chi connectivity index (χ3v) is 5.27. The summed E-state index contributed by atoms with van der Waals surface area (Å²) in [7, 11) is 1.86. The number of nitrogens with zero attached hydrogens (tertiary/aromatic N) is 2. The molecule has 7 heteroatoms. The second-order valence-corrected chi connectivity index (χ2v) is 6.90. The van der Waals surface area contributed by atoms with E-state index in [1.807, 2.05) is 16.8 Å². The molecule has 2 amide bonds. The van der Waals surface area contributed by atoms with Crippen molar-refractivity contribution in [2.45, 2.75) is 37.8 Å². The smallest absolute Gasteiger partial charge is 0.317 e. The number of anilines is 1. The monoisotopic (exact) mass is 352 g/mol. The fraction of sp³-hybridized carbons (Fsp3) is 0.611. The molecule has 0 saturated carbocycles. The van der Waals surface area contributed by atoms with Gasteiger partial charge in [0.05, 0.1) is 0 Å². The van der Waals surface area contributed by atoms with E-state index < -0.39 is 11.6 Å². The number of hydrogen-bond donors (Lipinski definition) is 2. The Balaban J connectivity index is 1.48. The summed E-state index contributed by atoms with van der Waals surface area (Å²) in [4.78, 5) is 16.3. The van der Waals surface area contributed by atoms with E-state index in [4.69, 9.17) is 0 Å². The van der Waals surface area contributed by atoms with Crippen LogP contribution in [0, 0.1) is 11.6 Å². The molecule has 5 nitrogen and oxygen atoms in total. The van der Waals surface area contributed by atoms with Gasteiger partial charge in [-0.3, -0.25) is 0 Å². The average Bonchev–Trinajstić information content (AvgIpc) is 2.64. The number of piperidine rings is 2. The minimum Gasteiger partial charge on any atom is -0.371 e. The van der Waals surface area contributed by atoms with Crippen LogP contribution in [0.5, 0.6) is 0 Å². The van der Waals surface area contributed by atoms with Gasteiger partial charge < -0.3 is 20.4 Å². The molecule has 1 aromatic carbocycles. The molecule has 1 aromatic rings. The summed E-state index contributed by atoms with van der Waals surface area (Å²) >= 11 is 0. The normalized spacial score (nSPS) is 19.7. The third kappa shape index (κ3) is 4.39. The predicted octanol–water partition coefficient (Wildman–Crippen LogP) is 2.33. The molecule has 25 heavy (non-hydrogen) atoms. The molecule has 2 N–H and O–H groups in total. The maximum Gasteiger partial charge on any atom is 0.317 e. The molecule has 0 bridgehead atoms. The number of carbonyl (C=O) groups excluding carboxylic acids is 1. The fourth-order valence-corrected chi connectivity index (χ4v) is 3.60. The van der Waals surface area contributed by atoms with E-state index in [1.54, 1.807) is 6.07 Å². The number of carbonyl (C=O) groups is 1. The first-order valence-electron chi connectivity index (χ1n) is 8.98. The molecule has 0 aliphatic carbocycles. The number of amides is 2. The van der Waals surface area contributed by atoms with Crippen molar-refractivity contribution >= 4 is 11.7 Å². The van der Waals surface area contributed by atoms with Crippen LogP contribution in [-0.4, -0.2) is 56.2 Å². The lowest BCUT2D eigenvalue weighted by Gasteiger charge is -2.36. The fourth-order valence-electron chi connectivity index (χ4n) is 3.60. The van der Waals surface area contributed by atoms with Crippen molar-refractivity contribution in [3.05, 3.63) is 29.8 Å². The van der Waals surface area contributed by atoms with E-state index in [2.05, 4.69) is 10.6 Å². The molecule has 2 aliphatic rings. The highest BCUT2D eigenvalue weighted by molar-refractivity contribution is 5.74. The maximum absolute atomic E-state index is 13.4. The maximum atomic E-state index is 13.4. The minimum absolute atomic E-state index is 0.0156. The molecule has 0 unspecified atom stereocenters. The van der Waals surface area contributed by atoms with E-state index in [0.29, 0.717) is 24.8 Å². The van der Waals surface area contributed by atoms with Crippen LogP contribution in [0.15, 0.2) is 18.2 Å². The SMILES string of the molecule is CN(C(=O)NC1CCN(c2ccc(F)c(F)c2)CC1)C1CCNCC1. The van der Waals surface area contributed by atoms with Crippen LogP contribution in [-0.2, 0) is 0 Å². The van der Waals surface area contributed by atoms with Crippen molar-refractivity contribution in [2.75, 3.05) is 38.1 Å². The van der Waals surface area contributed by atoms with Crippen molar-refractivity contribution in [1.29, 1.82) is 0 Å². The first-order valence-corrected chi connectivity index (χ1v) is 8.98. The Morgan fingerprint density at radius 2 is 1.84 bits per heavy atom. The first-order chi connectivity index (χ1) is 12.0. The molecule has 3 rings (SSSR count). The van der Waals surface area contributed by atoms with Crippen LogP contribution in [0.4, 0.5) is 19.3 Å². The van der Waals surface area contributed by atoms with E-state index >= 15 is 0 Å². The van der Waals surface area contributed by atoms with Crippen molar-refractivity contribution in [3.8, 4) is 0 Å². The van der Waals surface area contributed by atoms with Gasteiger partial charge in [0.1, 0.15) is 0 Å². The Morgan fingerprint density at radius 3 is 2.48 bits per heavy atom. The van der Waals surface area contributed by atoms with E-state index in [1.165, 1.54) is 6.07 Å². The van der Waals surface area contributed by atoms with E-state index in [-0.39, 0.29) is 12.1 Å². The second-order valence-electron chi connectivity index (χ2n) is 6.90. The van der Waals surface area contributed by atoms with Gasteiger partial charge in [-0.05, 0) is 50.9 Å². The molecule has 2 fully saturated rings. The van der Waals surface area contributed by atoms with Gasteiger partial charge >= 0.3 is 6.03 Å². The van der Waals surface area contributed by atoms with Crippen molar-refractivity contribution in [1.82, 2.24) is 15.5 Å². The number of urea groups is 1. The Hall–Kier alpha value is -1.89. The van der Waals surface area contributed by atoms with Crippen molar-refractivity contribution < 1.29 is 13.6 Å². The van der Waals surface area contributed by atoms with Crippen LogP contribution >= 0.6 is 0 Å². The van der Waals surface area contributed by atoms with Gasteiger partial charge in [-0.2, -0.15) is 0 Å². The van der Waals surface area contributed by atoms with Crippen LogP contribution < -0.4 is 15.5 Å². The number of rotatable bonds is 3. The average molecular weight is 352 g/mol. The largest absolute Gasteiger partial charge is 0.371 e. The van der Waals surface area contributed by atoms with Crippen LogP contribution in [0.3, 0.4) is 0 Å². The van der Waals surface area contributed by atoms with Gasteiger partial charge in [0.2, 0.25) is 0 Å². The van der Waals surface area contributed by atoms with Gasteiger partial charge in [0.25, 0.3) is 0 Å². The molecule has 2 aliphatic heterocycles. The van der Waals surface area contributed by atoms with E-state index in [9.17, 15) is 13.6 Å². The molecular formula is C18H26F2N4O. The summed E-state index contributed by atoms with van der Waals surface area (Å²) in [5, 5.41) is 6.42. The predicted molar refractivity (Wildman–Crippen MR) is 93.8 cm³/mol. The Bertz CT molecular complexity index is 599. The van der Waals surface area contributed by atoms with E-state index in [0.717, 1.165) is 44.8 Å². The molecular weight excluding hydrogens is 326 g/mol. The Kier molecular flexibility index (Phi) is 5.73. The Labute approximate surface area is 147 Å². The van der Waals surface area contributed by atoms with Gasteiger partial charge in [-0.25, -0.2) is 13.6 Å². The zero-order valence-electron chi connectivity index (χ0n) is 14.6. The van der Waals surface area contributed by atoms with Gasteiger partial charge in [0, 0.05) is 44.0 Å². The quantitative estimate of drug-likeness (QED) is 0.878. The summed E-state index contributed by atoms with van der Waals surface area (Å²) in [5.74, 6) is -1.65. The van der Waals surface area contributed by atoms with Crippen LogP contribution in [0.1, 0.15) is 25.7 Å². The zero-order chi connectivity index (χ0) is 17.8. The van der Waals surface area contributed by atoms with Gasteiger partial charge in [-0.1, -0.05) is 0 Å². The number of nitrogens with one attached hydrogen (secondary N) is 2. The summed E-state index contributed by atoms with van der Waals surface area (Å²) in [5.41, 5.74) is 0.690. The summed E-state index contributed by atoms with van der Waals surface area (Å²) in [6, 6.07) is 4.40. The highest BCUT2D eigenvalue weighted by Crippen LogP contribution is 2.22. The lowest BCUT2D eigenvalue weighted by atomic mass is 10.0. The summed E-state index contributed by atoms with van der Waals surface area (Å²) in [6.45, 7) is 3.34. The molecule has 2 heterocycles. The van der Waals surface area contributed by atoms with Crippen molar-refractivity contribution in [3.63, 3.8) is 0 Å². The van der Waals surface area contributed by atoms with Crippen LogP contribution in [0.2, 0.25) is 0 Å². The highest BCUT2D eigenvalue weighted by atomic mass is 19.2. The lowest BCUT2D eigenvalue weighted by Crippen LogP contribution is -2.52. The van der Waals surface area contributed by atoms with Gasteiger partial charge in [0.15, 0.2) is 11.6 Å². The Morgan fingerprint density at radius 1 is 1.16 bits per heavy atom. The zero-order valence-corrected chi connectivity index (χ0v) is 14.6. The van der Waals surface area contributed by atoms with Crippen molar-refractivity contribution in [2.24, 2.45) is 0 Å². The number of halogens is 2. The topological polar surface area (TPSA) is 47.6 Å². The standard InChI is InChI=1S/C18H26F2N4O/c1-23(14-4-8-21-9-5-14)18(25)22-13-6-10-24(11-7-13)15-2-3-16(19)17(20)12-15/h2-3,12-14,21H,4-11H2,1H3,(H,22,25). The minimum atomic E-state index is -0.827. The molecule has 0 radical (unpaired) electrons. The first kappa shape index (κ1) is 17.9. The number of hydrogen-bond acceptors (Lipinski definition) is 3. The molecule has 0 aromatic heterocycles. The molecule has 0 atom stereocenters. The van der Waals surface area contributed by atoms with Crippen LogP contribution in [0.25, 0.3) is 0 Å². The highest BCUT2D eigenvalue weighted by Gasteiger charge is 2.26.